The monoisotopic (exact) mass is 386 g/mol. The second-order valence-corrected chi connectivity index (χ2v) is 7.24. The summed E-state index contributed by atoms with van der Waals surface area (Å²) in [7, 11) is 0. The summed E-state index contributed by atoms with van der Waals surface area (Å²) < 4.78 is 5.98. The van der Waals surface area contributed by atoms with E-state index in [0.29, 0.717) is 5.88 Å². The molecule has 0 amide bonds. The van der Waals surface area contributed by atoms with Gasteiger partial charge in [-0.05, 0) is 59.9 Å². The minimum atomic E-state index is 0.191. The van der Waals surface area contributed by atoms with Gasteiger partial charge in [-0.3, -0.25) is 0 Å². The minimum absolute atomic E-state index is 0.191. The predicted octanol–water partition coefficient (Wildman–Crippen LogP) is 4.90. The molecule has 2 N–H and O–H groups in total. The van der Waals surface area contributed by atoms with E-state index in [1.165, 1.54) is 11.1 Å². The molecule has 4 heteroatoms. The SMILES string of the molecule is CC/C(=C(\c1ccc(O)cc1)c1ccc(O[C@@H]2CCNC2)nc1)c1ccccc1. The molecule has 0 saturated carbocycles. The number of rotatable bonds is 6. The molecule has 29 heavy (non-hydrogen) atoms. The van der Waals surface area contributed by atoms with Crippen molar-refractivity contribution < 1.29 is 9.84 Å². The van der Waals surface area contributed by atoms with E-state index >= 15 is 0 Å². The van der Waals surface area contributed by atoms with Crippen LogP contribution in [0.4, 0.5) is 0 Å². The van der Waals surface area contributed by atoms with Crippen LogP contribution in [0.5, 0.6) is 11.6 Å². The van der Waals surface area contributed by atoms with Crippen LogP contribution in [0.25, 0.3) is 11.1 Å². The van der Waals surface area contributed by atoms with Crippen molar-refractivity contribution in [3.63, 3.8) is 0 Å². The molecule has 148 valence electrons. The molecule has 4 nitrogen and oxygen atoms in total. The van der Waals surface area contributed by atoms with Crippen LogP contribution in [0.1, 0.15) is 36.5 Å². The number of phenols is 1. The number of pyridine rings is 1. The molecule has 0 bridgehead atoms. The number of hydrogen-bond acceptors (Lipinski definition) is 4. The van der Waals surface area contributed by atoms with E-state index in [-0.39, 0.29) is 11.9 Å². The maximum absolute atomic E-state index is 9.74. The van der Waals surface area contributed by atoms with E-state index < -0.39 is 0 Å². The first-order valence-corrected chi connectivity index (χ1v) is 10.2. The number of aromatic nitrogens is 1. The zero-order valence-electron chi connectivity index (χ0n) is 16.6. The van der Waals surface area contributed by atoms with E-state index in [9.17, 15) is 5.11 Å². The standard InChI is InChI=1S/C25H26N2O2/c1-2-23(18-6-4-3-5-7-18)25(19-8-11-21(28)12-9-19)20-10-13-24(27-16-20)29-22-14-15-26-17-22/h3-13,16,22,26,28H,2,14-15,17H2,1H3/b25-23-/t22-/m1/s1. The maximum atomic E-state index is 9.74. The number of ether oxygens (including phenoxy) is 1. The molecule has 3 aromatic rings. The number of nitrogens with one attached hydrogen (secondary N) is 1. The topological polar surface area (TPSA) is 54.4 Å². The van der Waals surface area contributed by atoms with E-state index in [1.807, 2.05) is 30.5 Å². The van der Waals surface area contributed by atoms with Crippen LogP contribution in [0.15, 0.2) is 72.9 Å². The Morgan fingerprint density at radius 2 is 1.76 bits per heavy atom. The summed E-state index contributed by atoms with van der Waals surface area (Å²) in [6, 6.07) is 21.8. The van der Waals surface area contributed by atoms with Crippen molar-refractivity contribution in [3.05, 3.63) is 89.6 Å². The minimum Gasteiger partial charge on any atom is -0.508 e. The largest absolute Gasteiger partial charge is 0.508 e. The van der Waals surface area contributed by atoms with Gasteiger partial charge in [0.05, 0.1) is 0 Å². The smallest absolute Gasteiger partial charge is 0.213 e. The summed E-state index contributed by atoms with van der Waals surface area (Å²) in [6.07, 6.45) is 3.97. The van der Waals surface area contributed by atoms with Gasteiger partial charge < -0.3 is 15.2 Å². The van der Waals surface area contributed by atoms with Gasteiger partial charge in [0, 0.05) is 24.4 Å². The van der Waals surface area contributed by atoms with Gasteiger partial charge in [0.1, 0.15) is 11.9 Å². The highest BCUT2D eigenvalue weighted by atomic mass is 16.5. The summed E-state index contributed by atoms with van der Waals surface area (Å²) >= 11 is 0. The normalized spacial score (nSPS) is 17.1. The van der Waals surface area contributed by atoms with E-state index in [0.717, 1.165) is 42.6 Å². The van der Waals surface area contributed by atoms with Gasteiger partial charge in [-0.1, -0.05) is 49.4 Å². The van der Waals surface area contributed by atoms with Crippen molar-refractivity contribution >= 4 is 11.1 Å². The van der Waals surface area contributed by atoms with Crippen LogP contribution < -0.4 is 10.1 Å². The lowest BCUT2D eigenvalue weighted by molar-refractivity contribution is 0.214. The highest BCUT2D eigenvalue weighted by Gasteiger charge is 2.17. The van der Waals surface area contributed by atoms with Gasteiger partial charge in [0.15, 0.2) is 0 Å². The molecule has 1 aliphatic heterocycles. The molecule has 1 fully saturated rings. The van der Waals surface area contributed by atoms with Gasteiger partial charge in [-0.15, -0.1) is 0 Å². The number of allylic oxidation sites excluding steroid dienone is 1. The lowest BCUT2D eigenvalue weighted by Crippen LogP contribution is -2.20. The summed E-state index contributed by atoms with van der Waals surface area (Å²) in [4.78, 5) is 4.58. The molecule has 0 radical (unpaired) electrons. The molecule has 0 spiro atoms. The third-order valence-corrected chi connectivity index (χ3v) is 5.26. The molecule has 2 heterocycles. The second kappa shape index (κ2) is 8.93. The van der Waals surface area contributed by atoms with Crippen molar-refractivity contribution in [1.29, 1.82) is 0 Å². The Morgan fingerprint density at radius 3 is 2.38 bits per heavy atom. The van der Waals surface area contributed by atoms with Crippen LogP contribution >= 0.6 is 0 Å². The third kappa shape index (κ3) is 4.49. The Hall–Kier alpha value is -3.11. The fraction of sp³-hybridized carbons (Fsp3) is 0.240. The van der Waals surface area contributed by atoms with Crippen LogP contribution in [0.2, 0.25) is 0 Å². The average molecular weight is 386 g/mol. The zero-order chi connectivity index (χ0) is 20.1. The molecule has 1 atom stereocenters. The first-order valence-electron chi connectivity index (χ1n) is 10.2. The van der Waals surface area contributed by atoms with Crippen LogP contribution in [0, 0.1) is 0 Å². The molecule has 0 aliphatic carbocycles. The van der Waals surface area contributed by atoms with E-state index in [2.05, 4.69) is 47.6 Å². The maximum Gasteiger partial charge on any atom is 0.213 e. The number of benzene rings is 2. The van der Waals surface area contributed by atoms with Gasteiger partial charge in [-0.2, -0.15) is 0 Å². The lowest BCUT2D eigenvalue weighted by atomic mass is 9.89. The van der Waals surface area contributed by atoms with Crippen LogP contribution in [0.3, 0.4) is 0 Å². The Bertz CT molecular complexity index is 958. The first-order chi connectivity index (χ1) is 14.2. The quantitative estimate of drug-likeness (QED) is 0.592. The number of nitrogens with zero attached hydrogens (tertiary/aromatic N) is 1. The Balaban J connectivity index is 1.76. The lowest BCUT2D eigenvalue weighted by Gasteiger charge is -2.17. The van der Waals surface area contributed by atoms with Crippen molar-refractivity contribution in [1.82, 2.24) is 10.3 Å². The number of aromatic hydroxyl groups is 1. The molecule has 1 aromatic heterocycles. The van der Waals surface area contributed by atoms with Crippen molar-refractivity contribution in [2.75, 3.05) is 13.1 Å². The summed E-state index contributed by atoms with van der Waals surface area (Å²) in [5.74, 6) is 0.920. The Labute approximate surface area is 171 Å². The molecule has 0 unspecified atom stereocenters. The summed E-state index contributed by atoms with van der Waals surface area (Å²) in [6.45, 7) is 4.03. The predicted molar refractivity (Wildman–Crippen MR) is 117 cm³/mol. The van der Waals surface area contributed by atoms with Crippen LogP contribution in [-0.2, 0) is 0 Å². The fourth-order valence-electron chi connectivity index (χ4n) is 3.81. The van der Waals surface area contributed by atoms with E-state index in [1.54, 1.807) is 12.1 Å². The van der Waals surface area contributed by atoms with Gasteiger partial charge in [0.25, 0.3) is 0 Å². The van der Waals surface area contributed by atoms with Gasteiger partial charge >= 0.3 is 0 Å². The Kier molecular flexibility index (Phi) is 5.92. The first kappa shape index (κ1) is 19.2. The van der Waals surface area contributed by atoms with Crippen molar-refractivity contribution in [2.45, 2.75) is 25.9 Å². The van der Waals surface area contributed by atoms with E-state index in [4.69, 9.17) is 4.74 Å². The summed E-state index contributed by atoms with van der Waals surface area (Å²) in [5.41, 5.74) is 5.65. The molecule has 2 aromatic carbocycles. The fourth-order valence-corrected chi connectivity index (χ4v) is 3.81. The molecule has 1 aliphatic rings. The highest BCUT2D eigenvalue weighted by Crippen LogP contribution is 2.35. The number of phenolic OH excluding ortho intramolecular Hbond substituents is 1. The zero-order valence-corrected chi connectivity index (χ0v) is 16.6. The highest BCUT2D eigenvalue weighted by molar-refractivity contribution is 5.98. The molecular formula is C25H26N2O2. The second-order valence-electron chi connectivity index (χ2n) is 7.24. The molecule has 1 saturated heterocycles. The number of hydrogen-bond donors (Lipinski definition) is 2. The van der Waals surface area contributed by atoms with Crippen molar-refractivity contribution in [2.24, 2.45) is 0 Å². The summed E-state index contributed by atoms with van der Waals surface area (Å²) in [5, 5.41) is 13.1. The average Bonchev–Trinajstić information content (AvgIpc) is 3.27. The third-order valence-electron chi connectivity index (χ3n) is 5.26. The van der Waals surface area contributed by atoms with Gasteiger partial charge in [0.2, 0.25) is 5.88 Å². The molecule has 4 rings (SSSR count). The molecular weight excluding hydrogens is 360 g/mol. The van der Waals surface area contributed by atoms with Crippen LogP contribution in [-0.4, -0.2) is 29.3 Å². The Morgan fingerprint density at radius 1 is 1.00 bits per heavy atom. The van der Waals surface area contributed by atoms with Gasteiger partial charge in [-0.25, -0.2) is 4.98 Å². The van der Waals surface area contributed by atoms with Crippen molar-refractivity contribution in [3.8, 4) is 11.6 Å².